The summed E-state index contributed by atoms with van der Waals surface area (Å²) in [6.45, 7) is 6.27. The molecule has 0 amide bonds. The molecule has 0 spiro atoms. The van der Waals surface area contributed by atoms with Gasteiger partial charge in [-0.05, 0) is 26.4 Å². The van der Waals surface area contributed by atoms with E-state index in [0.29, 0.717) is 5.92 Å². The van der Waals surface area contributed by atoms with Crippen LogP contribution in [0, 0.1) is 5.92 Å². The van der Waals surface area contributed by atoms with Crippen molar-refractivity contribution in [2.24, 2.45) is 5.92 Å². The average Bonchev–Trinajstić information content (AvgIpc) is 2.64. The molecule has 0 radical (unpaired) electrons. The minimum absolute atomic E-state index is 0.662. The molecule has 1 unspecified atom stereocenters. The van der Waals surface area contributed by atoms with Gasteiger partial charge in [-0.25, -0.2) is 4.98 Å². The summed E-state index contributed by atoms with van der Waals surface area (Å²) in [4.78, 5) is 4.28. The van der Waals surface area contributed by atoms with Crippen LogP contribution in [0.3, 0.4) is 0 Å². The topological polar surface area (TPSA) is 42.7 Å². The molecule has 0 saturated heterocycles. The van der Waals surface area contributed by atoms with Gasteiger partial charge in [-0.3, -0.25) is 4.68 Å². The van der Waals surface area contributed by atoms with E-state index in [1.54, 1.807) is 6.33 Å². The van der Waals surface area contributed by atoms with Crippen molar-refractivity contribution >= 4 is 0 Å². The summed E-state index contributed by atoms with van der Waals surface area (Å²) in [6, 6.07) is 0. The Balaban J connectivity index is 2.56. The molecule has 0 aliphatic carbocycles. The summed E-state index contributed by atoms with van der Waals surface area (Å²) >= 11 is 0. The number of aromatic nitrogens is 3. The van der Waals surface area contributed by atoms with Gasteiger partial charge in [0.15, 0.2) is 0 Å². The number of nitrogens with zero attached hydrogens (tertiary/aromatic N) is 3. The molecular weight excluding hydrogens is 176 g/mol. The predicted octanol–water partition coefficient (Wildman–Crippen LogP) is 1.09. The van der Waals surface area contributed by atoms with E-state index in [1.165, 1.54) is 6.42 Å². The molecule has 14 heavy (non-hydrogen) atoms. The third-order valence-corrected chi connectivity index (χ3v) is 2.54. The van der Waals surface area contributed by atoms with Gasteiger partial charge in [-0.1, -0.05) is 13.3 Å². The minimum atomic E-state index is 0.662. The van der Waals surface area contributed by atoms with E-state index < -0.39 is 0 Å². The fraction of sp³-hybridized carbons (Fsp3) is 0.800. The van der Waals surface area contributed by atoms with Gasteiger partial charge in [0, 0.05) is 13.0 Å². The highest BCUT2D eigenvalue weighted by Crippen LogP contribution is 2.08. The van der Waals surface area contributed by atoms with Gasteiger partial charge in [0.1, 0.15) is 12.2 Å². The summed E-state index contributed by atoms with van der Waals surface area (Å²) in [6.07, 6.45) is 3.84. The van der Waals surface area contributed by atoms with Crippen LogP contribution in [0.5, 0.6) is 0 Å². The highest BCUT2D eigenvalue weighted by Gasteiger charge is 2.10. The molecule has 0 aliphatic heterocycles. The van der Waals surface area contributed by atoms with Crippen molar-refractivity contribution < 1.29 is 0 Å². The number of aryl methyl sites for hydroxylation is 1. The molecule has 0 aromatic carbocycles. The number of rotatable bonds is 6. The lowest BCUT2D eigenvalue weighted by Gasteiger charge is -2.13. The molecule has 1 aromatic rings. The van der Waals surface area contributed by atoms with E-state index >= 15 is 0 Å². The normalized spacial score (nSPS) is 13.1. The van der Waals surface area contributed by atoms with E-state index in [2.05, 4.69) is 29.2 Å². The first kappa shape index (κ1) is 11.2. The zero-order valence-corrected chi connectivity index (χ0v) is 9.32. The van der Waals surface area contributed by atoms with Gasteiger partial charge in [0.25, 0.3) is 0 Å². The molecule has 1 rings (SSSR count). The van der Waals surface area contributed by atoms with Crippen molar-refractivity contribution in [1.82, 2.24) is 20.1 Å². The van der Waals surface area contributed by atoms with Crippen LogP contribution in [0.4, 0.5) is 0 Å². The number of nitrogens with one attached hydrogen (secondary N) is 1. The molecule has 80 valence electrons. The third kappa shape index (κ3) is 2.80. The molecule has 0 aliphatic rings. The molecule has 1 aromatic heterocycles. The second-order valence-electron chi connectivity index (χ2n) is 3.53. The lowest BCUT2D eigenvalue weighted by molar-refractivity contribution is 0.454. The first-order chi connectivity index (χ1) is 6.81. The maximum absolute atomic E-state index is 4.28. The lowest BCUT2D eigenvalue weighted by atomic mass is 10.0. The predicted molar refractivity (Wildman–Crippen MR) is 57.1 cm³/mol. The second kappa shape index (κ2) is 5.75. The Morgan fingerprint density at radius 2 is 2.29 bits per heavy atom. The zero-order chi connectivity index (χ0) is 10.4. The van der Waals surface area contributed by atoms with Gasteiger partial charge in [0.05, 0.1) is 0 Å². The summed E-state index contributed by atoms with van der Waals surface area (Å²) in [7, 11) is 1.99. The maximum atomic E-state index is 4.28. The summed E-state index contributed by atoms with van der Waals surface area (Å²) < 4.78 is 1.97. The van der Waals surface area contributed by atoms with Crippen molar-refractivity contribution in [2.45, 2.75) is 33.2 Å². The Kier molecular flexibility index (Phi) is 4.59. The largest absolute Gasteiger partial charge is 0.319 e. The Morgan fingerprint density at radius 1 is 1.50 bits per heavy atom. The fourth-order valence-electron chi connectivity index (χ4n) is 1.62. The van der Waals surface area contributed by atoms with Crippen LogP contribution < -0.4 is 5.32 Å². The van der Waals surface area contributed by atoms with Crippen LogP contribution in [0.1, 0.15) is 26.1 Å². The first-order valence-corrected chi connectivity index (χ1v) is 5.33. The van der Waals surface area contributed by atoms with E-state index in [4.69, 9.17) is 0 Å². The third-order valence-electron chi connectivity index (χ3n) is 2.54. The fourth-order valence-corrected chi connectivity index (χ4v) is 1.62. The first-order valence-electron chi connectivity index (χ1n) is 5.33. The molecule has 0 fully saturated rings. The Labute approximate surface area is 85.7 Å². The van der Waals surface area contributed by atoms with Crippen LogP contribution in [-0.2, 0) is 13.0 Å². The standard InChI is InChI=1S/C10H20N4/c1-4-9(7-11-3)6-10-12-8-13-14(10)5-2/h8-9,11H,4-7H2,1-3H3. The number of hydrogen-bond acceptors (Lipinski definition) is 3. The van der Waals surface area contributed by atoms with Crippen LogP contribution in [0.2, 0.25) is 0 Å². The van der Waals surface area contributed by atoms with Crippen molar-refractivity contribution in [1.29, 1.82) is 0 Å². The van der Waals surface area contributed by atoms with Gasteiger partial charge in [-0.15, -0.1) is 0 Å². The van der Waals surface area contributed by atoms with Crippen LogP contribution in [0.15, 0.2) is 6.33 Å². The van der Waals surface area contributed by atoms with Gasteiger partial charge in [-0.2, -0.15) is 5.10 Å². The van der Waals surface area contributed by atoms with Crippen LogP contribution in [0.25, 0.3) is 0 Å². The van der Waals surface area contributed by atoms with E-state index in [0.717, 1.165) is 25.3 Å². The van der Waals surface area contributed by atoms with E-state index in [-0.39, 0.29) is 0 Å². The Hall–Kier alpha value is -0.900. The molecule has 1 heterocycles. The summed E-state index contributed by atoms with van der Waals surface area (Å²) in [5.41, 5.74) is 0. The SMILES string of the molecule is CCC(CNC)Cc1ncnn1CC. The van der Waals surface area contributed by atoms with Crippen LogP contribution >= 0.6 is 0 Å². The van der Waals surface area contributed by atoms with E-state index in [9.17, 15) is 0 Å². The van der Waals surface area contributed by atoms with Crippen molar-refractivity contribution in [3.8, 4) is 0 Å². The minimum Gasteiger partial charge on any atom is -0.319 e. The average molecular weight is 196 g/mol. The van der Waals surface area contributed by atoms with Gasteiger partial charge >= 0.3 is 0 Å². The lowest BCUT2D eigenvalue weighted by Crippen LogP contribution is -2.21. The van der Waals surface area contributed by atoms with Crippen molar-refractivity contribution in [3.05, 3.63) is 12.2 Å². The smallest absolute Gasteiger partial charge is 0.138 e. The van der Waals surface area contributed by atoms with Crippen molar-refractivity contribution in [2.75, 3.05) is 13.6 Å². The molecule has 4 nitrogen and oxygen atoms in total. The maximum Gasteiger partial charge on any atom is 0.138 e. The quantitative estimate of drug-likeness (QED) is 0.740. The summed E-state index contributed by atoms with van der Waals surface area (Å²) in [5.74, 6) is 1.77. The molecule has 1 atom stereocenters. The van der Waals surface area contributed by atoms with Gasteiger partial charge < -0.3 is 5.32 Å². The molecule has 1 N–H and O–H groups in total. The highest BCUT2D eigenvalue weighted by molar-refractivity contribution is 4.87. The van der Waals surface area contributed by atoms with Crippen molar-refractivity contribution in [3.63, 3.8) is 0 Å². The Bertz CT molecular complexity index is 256. The molecule has 4 heteroatoms. The van der Waals surface area contributed by atoms with Gasteiger partial charge in [0.2, 0.25) is 0 Å². The second-order valence-corrected chi connectivity index (χ2v) is 3.53. The van der Waals surface area contributed by atoms with E-state index in [1.807, 2.05) is 11.7 Å². The molecule has 0 saturated carbocycles. The Morgan fingerprint density at radius 3 is 2.86 bits per heavy atom. The summed E-state index contributed by atoms with van der Waals surface area (Å²) in [5, 5.41) is 7.38. The molecular formula is C10H20N4. The highest BCUT2D eigenvalue weighted by atomic mass is 15.3. The number of hydrogen-bond donors (Lipinski definition) is 1. The molecule has 0 bridgehead atoms. The van der Waals surface area contributed by atoms with Crippen LogP contribution in [-0.4, -0.2) is 28.4 Å². The monoisotopic (exact) mass is 196 g/mol. The zero-order valence-electron chi connectivity index (χ0n) is 9.32.